The van der Waals surface area contributed by atoms with Crippen LogP contribution in [0.15, 0.2) is 70.9 Å². The maximum absolute atomic E-state index is 15.0. The van der Waals surface area contributed by atoms with E-state index in [4.69, 9.17) is 10.2 Å². The van der Waals surface area contributed by atoms with Gasteiger partial charge in [0.1, 0.15) is 11.6 Å². The van der Waals surface area contributed by atoms with Crippen molar-refractivity contribution in [1.29, 1.82) is 0 Å². The second-order valence-corrected chi connectivity index (χ2v) is 11.9. The van der Waals surface area contributed by atoms with Crippen LogP contribution in [0.2, 0.25) is 0 Å². The summed E-state index contributed by atoms with van der Waals surface area (Å²) in [6.45, 7) is 0. The van der Waals surface area contributed by atoms with Gasteiger partial charge in [0.25, 0.3) is 0 Å². The molecule has 1 saturated carbocycles. The van der Waals surface area contributed by atoms with Crippen molar-refractivity contribution in [3.8, 4) is 27.5 Å². The van der Waals surface area contributed by atoms with E-state index in [1.807, 2.05) is 0 Å². The van der Waals surface area contributed by atoms with Gasteiger partial charge in [-0.25, -0.2) is 27.6 Å². The minimum atomic E-state index is -1.99. The van der Waals surface area contributed by atoms with Crippen molar-refractivity contribution in [3.63, 3.8) is 0 Å². The third-order valence-corrected chi connectivity index (χ3v) is 8.74. The number of nitrogens with two attached hydrogens (primary N) is 1. The Morgan fingerprint density at radius 1 is 1.05 bits per heavy atom. The Kier molecular flexibility index (Phi) is 7.62. The number of hydrogen-bond acceptors (Lipinski definition) is 6. The number of halogens is 3. The largest absolute Gasteiger partial charge is 0.593 e. The average Bonchev–Trinajstić information content (AvgIpc) is 3.51. The molecule has 2 heterocycles. The Bertz CT molecular complexity index is 1820. The van der Waals surface area contributed by atoms with Gasteiger partial charge < -0.3 is 9.66 Å². The molecule has 0 spiro atoms. The third kappa shape index (κ3) is 5.58. The van der Waals surface area contributed by atoms with Crippen LogP contribution in [-0.2, 0) is 24.2 Å². The van der Waals surface area contributed by atoms with Crippen molar-refractivity contribution in [2.24, 2.45) is 11.1 Å². The molecule has 0 radical (unpaired) electrons. The number of carbonyl (C=O) groups is 1. The number of carboxylic acid groups (broad SMARTS) is 1. The lowest BCUT2D eigenvalue weighted by atomic mass is 9.94. The average molecular weight is 609 g/mol. The Morgan fingerprint density at radius 3 is 2.48 bits per heavy atom. The first-order valence-corrected chi connectivity index (χ1v) is 15.1. The lowest BCUT2D eigenvalue weighted by molar-refractivity contribution is 0.0691. The van der Waals surface area contributed by atoms with E-state index in [2.05, 4.69) is 4.98 Å². The summed E-state index contributed by atoms with van der Waals surface area (Å²) in [7, 11) is 0. The predicted molar refractivity (Wildman–Crippen MR) is 153 cm³/mol. The molecule has 2 aromatic heterocycles. The van der Waals surface area contributed by atoms with Crippen molar-refractivity contribution >= 4 is 28.7 Å². The van der Waals surface area contributed by atoms with Crippen LogP contribution in [0.1, 0.15) is 40.2 Å². The summed E-state index contributed by atoms with van der Waals surface area (Å²) in [5, 5.41) is 21.5. The zero-order chi connectivity index (χ0) is 29.5. The zero-order valence-electron chi connectivity index (χ0n) is 21.9. The summed E-state index contributed by atoms with van der Waals surface area (Å²) >= 11 is -0.874. The van der Waals surface area contributed by atoms with Gasteiger partial charge in [-0.05, 0) is 67.1 Å². The minimum Gasteiger partial charge on any atom is -0.593 e. The predicted octanol–water partition coefficient (Wildman–Crippen LogP) is 6.30. The van der Waals surface area contributed by atoms with Crippen molar-refractivity contribution < 1.29 is 27.6 Å². The van der Waals surface area contributed by atoms with Crippen LogP contribution in [0.3, 0.4) is 0 Å². The quantitative estimate of drug-likeness (QED) is 0.190. The van der Waals surface area contributed by atoms with Gasteiger partial charge >= 0.3 is 5.97 Å². The molecule has 0 saturated heterocycles. The summed E-state index contributed by atoms with van der Waals surface area (Å²) < 4.78 is 57.8. The molecule has 7 nitrogen and oxygen atoms in total. The zero-order valence-corrected chi connectivity index (χ0v) is 23.5. The standard InChI is InChI=1S/C30H23F3N4O3S2/c31-22-4-2-1-3-19(22)20-14-18(8-9-23(20)32)28-21(11-17-7-10-27(42(34)40)24(33)12-17)26(13-16-5-6-16)37(36-28)30-35-25(15-41-30)29(38)39/h1-4,7-10,12,14-16H,5-6,11,13,34H2,(H,38,39). The summed E-state index contributed by atoms with van der Waals surface area (Å²) in [5.41, 5.74) is 3.00. The molecule has 0 aliphatic heterocycles. The van der Waals surface area contributed by atoms with Gasteiger partial charge in [0.05, 0.1) is 22.7 Å². The van der Waals surface area contributed by atoms with E-state index in [9.17, 15) is 23.2 Å². The van der Waals surface area contributed by atoms with Crippen LogP contribution < -0.4 is 5.14 Å². The number of rotatable bonds is 9. The Labute approximate surface area is 245 Å². The van der Waals surface area contributed by atoms with Gasteiger partial charge in [0, 0.05) is 34.1 Å². The van der Waals surface area contributed by atoms with E-state index in [1.54, 1.807) is 22.9 Å². The Morgan fingerprint density at radius 2 is 1.81 bits per heavy atom. The van der Waals surface area contributed by atoms with E-state index in [-0.39, 0.29) is 28.1 Å². The second kappa shape index (κ2) is 11.4. The van der Waals surface area contributed by atoms with Gasteiger partial charge in [-0.15, -0.1) is 16.5 Å². The van der Waals surface area contributed by atoms with Crippen molar-refractivity contribution in [1.82, 2.24) is 14.8 Å². The fourth-order valence-electron chi connectivity index (χ4n) is 4.91. The summed E-state index contributed by atoms with van der Waals surface area (Å²) in [4.78, 5) is 15.7. The van der Waals surface area contributed by atoms with Gasteiger partial charge in [-0.3, -0.25) is 0 Å². The Balaban J connectivity index is 1.55. The number of aromatic carboxylic acids is 1. The highest BCUT2D eigenvalue weighted by Crippen LogP contribution is 2.39. The second-order valence-electron chi connectivity index (χ2n) is 10.1. The van der Waals surface area contributed by atoms with E-state index in [1.165, 1.54) is 47.8 Å². The molecule has 214 valence electrons. The van der Waals surface area contributed by atoms with Gasteiger partial charge in [-0.1, -0.05) is 24.3 Å². The number of thiazole rings is 1. The van der Waals surface area contributed by atoms with E-state index in [0.717, 1.165) is 29.9 Å². The van der Waals surface area contributed by atoms with Gasteiger partial charge in [-0.2, -0.15) is 5.10 Å². The molecule has 0 amide bonds. The fourth-order valence-corrected chi connectivity index (χ4v) is 6.13. The molecule has 0 bridgehead atoms. The summed E-state index contributed by atoms with van der Waals surface area (Å²) in [6, 6.07) is 14.5. The number of benzene rings is 3. The SMILES string of the molecule is N[S+]([O-])c1ccc(Cc2c(-c3ccc(F)c(-c4ccccc4F)c3)nn(-c3nc(C(=O)O)cs3)c2CC2CC2)cc1F. The van der Waals surface area contributed by atoms with Crippen LogP contribution in [0.4, 0.5) is 13.2 Å². The van der Waals surface area contributed by atoms with Crippen LogP contribution in [0.25, 0.3) is 27.5 Å². The lowest BCUT2D eigenvalue weighted by Gasteiger charge is -2.11. The molecule has 6 rings (SSSR count). The van der Waals surface area contributed by atoms with E-state index >= 15 is 4.39 Å². The monoisotopic (exact) mass is 608 g/mol. The first kappa shape index (κ1) is 28.2. The highest BCUT2D eigenvalue weighted by atomic mass is 32.2. The Hall–Kier alpha value is -3.97. The highest BCUT2D eigenvalue weighted by molar-refractivity contribution is 7.89. The number of carboxylic acids is 1. The lowest BCUT2D eigenvalue weighted by Crippen LogP contribution is -2.14. The normalized spacial score (nSPS) is 13.8. The molecule has 3 aromatic carbocycles. The van der Waals surface area contributed by atoms with Crippen molar-refractivity contribution in [2.45, 2.75) is 30.6 Å². The van der Waals surface area contributed by atoms with E-state index in [0.29, 0.717) is 39.9 Å². The molecule has 5 aromatic rings. The molecule has 12 heteroatoms. The van der Waals surface area contributed by atoms with E-state index < -0.39 is 34.8 Å². The number of nitrogens with zero attached hydrogens (tertiary/aromatic N) is 3. The maximum atomic E-state index is 15.0. The third-order valence-electron chi connectivity index (χ3n) is 7.16. The van der Waals surface area contributed by atoms with Crippen LogP contribution >= 0.6 is 11.3 Å². The maximum Gasteiger partial charge on any atom is 0.355 e. The van der Waals surface area contributed by atoms with Crippen LogP contribution in [-0.4, -0.2) is 30.4 Å². The van der Waals surface area contributed by atoms with Crippen LogP contribution in [0, 0.1) is 23.4 Å². The first-order chi connectivity index (χ1) is 20.2. The number of hydrogen-bond donors (Lipinski definition) is 2. The minimum absolute atomic E-state index is 0.0538. The van der Waals surface area contributed by atoms with Gasteiger partial charge in [0.2, 0.25) is 10.0 Å². The fraction of sp³-hybridized carbons (Fsp3) is 0.167. The van der Waals surface area contributed by atoms with Gasteiger partial charge in [0.15, 0.2) is 11.5 Å². The molecule has 1 atom stereocenters. The molecular formula is C30H23F3N4O3S2. The molecule has 42 heavy (non-hydrogen) atoms. The summed E-state index contributed by atoms with van der Waals surface area (Å²) in [5.74, 6) is -2.69. The van der Waals surface area contributed by atoms with Crippen LogP contribution in [0.5, 0.6) is 0 Å². The van der Waals surface area contributed by atoms with Crippen molar-refractivity contribution in [2.75, 3.05) is 0 Å². The molecular weight excluding hydrogens is 585 g/mol. The highest BCUT2D eigenvalue weighted by Gasteiger charge is 2.30. The number of aromatic nitrogens is 3. The molecule has 1 aliphatic carbocycles. The smallest absolute Gasteiger partial charge is 0.355 e. The summed E-state index contributed by atoms with van der Waals surface area (Å²) in [6.07, 6.45) is 2.84. The van der Waals surface area contributed by atoms with Crippen molar-refractivity contribution in [3.05, 3.63) is 106 Å². The molecule has 1 aliphatic rings. The first-order valence-electron chi connectivity index (χ1n) is 13.0. The molecule has 3 N–H and O–H groups in total. The molecule has 1 unspecified atom stereocenters. The topological polar surface area (TPSA) is 117 Å². The molecule has 1 fully saturated rings.